The topological polar surface area (TPSA) is 70.8 Å². The normalized spacial score (nSPS) is 17.7. The number of carbonyl (C=O) groups excluding carboxylic acids is 2. The average Bonchev–Trinajstić information content (AvgIpc) is 2.91. The molecule has 0 unspecified atom stereocenters. The van der Waals surface area contributed by atoms with E-state index in [2.05, 4.69) is 9.80 Å². The summed E-state index contributed by atoms with van der Waals surface area (Å²) < 4.78 is 5.97. The second-order valence-corrected chi connectivity index (χ2v) is 10.0. The molecule has 2 saturated heterocycles. The summed E-state index contributed by atoms with van der Waals surface area (Å²) in [5.74, 6) is 0.0808. The number of likely N-dealkylation sites (tertiary alicyclic amines) is 2. The average molecular weight is 475 g/mol. The Morgan fingerprint density at radius 2 is 1.09 bits per heavy atom. The first kappa shape index (κ1) is 23.9. The second kappa shape index (κ2) is 10.8. The van der Waals surface area contributed by atoms with E-state index >= 15 is 0 Å². The third-order valence-electron chi connectivity index (χ3n) is 7.52. The van der Waals surface area contributed by atoms with Crippen LogP contribution in [-0.2, 0) is 0 Å². The Hall–Kier alpha value is -2.83. The number of piperidine rings is 2. The maximum Gasteiger partial charge on any atom is 0.200 e. The van der Waals surface area contributed by atoms with Crippen molar-refractivity contribution in [3.8, 4) is 0 Å². The molecule has 0 amide bonds. The summed E-state index contributed by atoms with van der Waals surface area (Å²) in [5.41, 5.74) is 1.79. The molecule has 2 fully saturated rings. The van der Waals surface area contributed by atoms with Gasteiger partial charge >= 0.3 is 0 Å². The zero-order chi connectivity index (χ0) is 24.2. The van der Waals surface area contributed by atoms with Gasteiger partial charge in [-0.25, -0.2) is 0 Å². The van der Waals surface area contributed by atoms with Gasteiger partial charge in [0.2, 0.25) is 5.43 Å². The molecule has 35 heavy (non-hydrogen) atoms. The minimum atomic E-state index is -0.197. The number of fused-ring (bicyclic) bond motifs is 2. The van der Waals surface area contributed by atoms with E-state index in [4.69, 9.17) is 4.42 Å². The lowest BCUT2D eigenvalue weighted by atomic mass is 10.0. The highest BCUT2D eigenvalue weighted by atomic mass is 16.3. The van der Waals surface area contributed by atoms with Crippen LogP contribution >= 0.6 is 0 Å². The highest BCUT2D eigenvalue weighted by Gasteiger charge is 2.17. The van der Waals surface area contributed by atoms with E-state index in [0.29, 0.717) is 45.9 Å². The molecule has 6 heteroatoms. The van der Waals surface area contributed by atoms with Crippen LogP contribution in [0.1, 0.15) is 72.1 Å². The third-order valence-corrected chi connectivity index (χ3v) is 7.52. The third kappa shape index (κ3) is 5.54. The summed E-state index contributed by atoms with van der Waals surface area (Å²) in [5, 5.41) is 0.776. The lowest BCUT2D eigenvalue weighted by molar-refractivity contribution is 0.0951. The highest BCUT2D eigenvalue weighted by molar-refractivity contribution is 6.02. The SMILES string of the molecule is O=C(CCN1CCCCC1)c1ccc2oc3ccc(C(=O)CCN4CCCCC4)cc3c(=O)c2c1. The van der Waals surface area contributed by atoms with Crippen LogP contribution in [0.15, 0.2) is 45.6 Å². The van der Waals surface area contributed by atoms with Crippen LogP contribution in [0.4, 0.5) is 0 Å². The first-order valence-electron chi connectivity index (χ1n) is 13.1. The molecule has 2 aromatic carbocycles. The fraction of sp³-hybridized carbons (Fsp3) is 0.483. The van der Waals surface area contributed by atoms with E-state index in [-0.39, 0.29) is 17.0 Å². The summed E-state index contributed by atoms with van der Waals surface area (Å²) in [7, 11) is 0. The van der Waals surface area contributed by atoms with Crippen molar-refractivity contribution in [2.75, 3.05) is 39.3 Å². The molecule has 3 heterocycles. The van der Waals surface area contributed by atoms with Gasteiger partial charge in [-0.05, 0) is 88.3 Å². The summed E-state index contributed by atoms with van der Waals surface area (Å²) in [6.07, 6.45) is 8.21. The van der Waals surface area contributed by atoms with Gasteiger partial charge in [-0.15, -0.1) is 0 Å². The Kier molecular flexibility index (Phi) is 7.40. The largest absolute Gasteiger partial charge is 0.456 e. The molecule has 0 N–H and O–H groups in total. The van der Waals surface area contributed by atoms with E-state index in [9.17, 15) is 14.4 Å². The predicted octanol–water partition coefficient (Wildman–Crippen LogP) is 5.06. The van der Waals surface area contributed by atoms with Crippen LogP contribution in [0.25, 0.3) is 21.9 Å². The van der Waals surface area contributed by atoms with Crippen LogP contribution < -0.4 is 5.43 Å². The van der Waals surface area contributed by atoms with Crippen molar-refractivity contribution < 1.29 is 14.0 Å². The van der Waals surface area contributed by atoms with Crippen molar-refractivity contribution in [1.82, 2.24) is 9.80 Å². The number of benzene rings is 2. The van der Waals surface area contributed by atoms with Crippen LogP contribution in [0.2, 0.25) is 0 Å². The van der Waals surface area contributed by atoms with Gasteiger partial charge < -0.3 is 14.2 Å². The maximum atomic E-state index is 13.3. The van der Waals surface area contributed by atoms with E-state index in [0.717, 1.165) is 39.3 Å². The summed E-state index contributed by atoms with van der Waals surface area (Å²) in [6.45, 7) is 5.73. The van der Waals surface area contributed by atoms with Crippen molar-refractivity contribution >= 4 is 33.5 Å². The summed E-state index contributed by atoms with van der Waals surface area (Å²) in [4.78, 5) is 43.7. The van der Waals surface area contributed by atoms with Gasteiger partial charge in [-0.3, -0.25) is 14.4 Å². The quantitative estimate of drug-likeness (QED) is 0.336. The number of carbonyl (C=O) groups is 2. The molecule has 6 nitrogen and oxygen atoms in total. The molecule has 0 spiro atoms. The van der Waals surface area contributed by atoms with Gasteiger partial charge in [0.1, 0.15) is 11.2 Å². The molecule has 0 aliphatic carbocycles. The van der Waals surface area contributed by atoms with E-state index in [1.165, 1.54) is 38.5 Å². The van der Waals surface area contributed by atoms with Crippen molar-refractivity contribution in [2.24, 2.45) is 0 Å². The molecule has 3 aromatic rings. The van der Waals surface area contributed by atoms with Gasteiger partial charge in [0.15, 0.2) is 11.6 Å². The Labute approximate surface area is 205 Å². The molecule has 0 atom stereocenters. The molecule has 0 bridgehead atoms. The number of rotatable bonds is 8. The zero-order valence-corrected chi connectivity index (χ0v) is 20.4. The first-order chi connectivity index (χ1) is 17.1. The van der Waals surface area contributed by atoms with Gasteiger partial charge in [-0.1, -0.05) is 12.8 Å². The molecule has 1 aromatic heterocycles. The lowest BCUT2D eigenvalue weighted by Gasteiger charge is -2.25. The Bertz CT molecular complexity index is 1190. The summed E-state index contributed by atoms with van der Waals surface area (Å²) >= 11 is 0. The molecule has 2 aliphatic heterocycles. The van der Waals surface area contributed by atoms with Crippen LogP contribution in [0.3, 0.4) is 0 Å². The zero-order valence-electron chi connectivity index (χ0n) is 20.4. The maximum absolute atomic E-state index is 13.3. The number of Topliss-reactive ketones (excluding diaryl/α,β-unsaturated/α-hetero) is 2. The molecule has 184 valence electrons. The minimum Gasteiger partial charge on any atom is -0.456 e. The van der Waals surface area contributed by atoms with Crippen molar-refractivity contribution in [2.45, 2.75) is 51.4 Å². The fourth-order valence-electron chi connectivity index (χ4n) is 5.38. The number of nitrogens with zero attached hydrogens (tertiary/aromatic N) is 2. The Morgan fingerprint density at radius 1 is 0.657 bits per heavy atom. The molecular weight excluding hydrogens is 440 g/mol. The minimum absolute atomic E-state index is 0.0404. The standard InChI is InChI=1S/C29H34N2O4/c32-25(11-17-30-13-3-1-4-14-30)21-7-9-27-23(19-21)29(34)24-20-22(8-10-28(24)35-27)26(33)12-18-31-15-5-2-6-16-31/h7-10,19-20H,1-6,11-18H2. The Morgan fingerprint density at radius 3 is 1.51 bits per heavy atom. The van der Waals surface area contributed by atoms with Crippen molar-refractivity contribution in [3.05, 3.63) is 57.7 Å². The number of ketones is 2. The van der Waals surface area contributed by atoms with Crippen LogP contribution in [0, 0.1) is 0 Å². The predicted molar refractivity (Wildman–Crippen MR) is 138 cm³/mol. The van der Waals surface area contributed by atoms with E-state index < -0.39 is 0 Å². The van der Waals surface area contributed by atoms with Crippen LogP contribution in [-0.4, -0.2) is 60.6 Å². The van der Waals surface area contributed by atoms with Gasteiger partial charge in [0.25, 0.3) is 0 Å². The van der Waals surface area contributed by atoms with E-state index in [1.54, 1.807) is 36.4 Å². The highest BCUT2D eigenvalue weighted by Crippen LogP contribution is 2.22. The molecule has 0 saturated carbocycles. The van der Waals surface area contributed by atoms with Gasteiger partial charge in [0, 0.05) is 37.1 Å². The number of hydrogen-bond acceptors (Lipinski definition) is 6. The lowest BCUT2D eigenvalue weighted by Crippen LogP contribution is -2.31. The van der Waals surface area contributed by atoms with Crippen molar-refractivity contribution in [1.29, 1.82) is 0 Å². The van der Waals surface area contributed by atoms with Crippen LogP contribution in [0.5, 0.6) is 0 Å². The number of hydrogen-bond donors (Lipinski definition) is 0. The smallest absolute Gasteiger partial charge is 0.200 e. The molecule has 2 aliphatic rings. The van der Waals surface area contributed by atoms with Crippen molar-refractivity contribution in [3.63, 3.8) is 0 Å². The van der Waals surface area contributed by atoms with Gasteiger partial charge in [-0.2, -0.15) is 0 Å². The van der Waals surface area contributed by atoms with E-state index in [1.807, 2.05) is 0 Å². The molecular formula is C29H34N2O4. The molecule has 0 radical (unpaired) electrons. The monoisotopic (exact) mass is 474 g/mol. The fourth-order valence-corrected chi connectivity index (χ4v) is 5.38. The summed E-state index contributed by atoms with van der Waals surface area (Å²) in [6, 6.07) is 10.2. The second-order valence-electron chi connectivity index (χ2n) is 10.0. The van der Waals surface area contributed by atoms with Gasteiger partial charge in [0.05, 0.1) is 10.8 Å². The molecule has 5 rings (SSSR count). The Balaban J connectivity index is 1.34. The first-order valence-corrected chi connectivity index (χ1v) is 13.1.